The number of hydrogen-bond donors (Lipinski definition) is 2. The van der Waals surface area contributed by atoms with Crippen molar-refractivity contribution in [3.63, 3.8) is 0 Å². The maximum Gasteiger partial charge on any atom is 0.416 e. The Balaban J connectivity index is 2.33. The van der Waals surface area contributed by atoms with Crippen LogP contribution < -0.4 is 10.6 Å². The molecule has 0 bridgehead atoms. The van der Waals surface area contributed by atoms with Gasteiger partial charge in [-0.3, -0.25) is 0 Å². The molecule has 1 aromatic carbocycles. The number of rotatable bonds is 6. The van der Waals surface area contributed by atoms with Crippen molar-refractivity contribution in [2.24, 2.45) is 0 Å². The van der Waals surface area contributed by atoms with Gasteiger partial charge in [0, 0.05) is 26.8 Å². The fourth-order valence-corrected chi connectivity index (χ4v) is 1.47. The van der Waals surface area contributed by atoms with E-state index in [1.807, 2.05) is 0 Å². The number of hydrogen-bond acceptors (Lipinski definition) is 2. The van der Waals surface area contributed by atoms with E-state index in [-0.39, 0.29) is 12.6 Å². The summed E-state index contributed by atoms with van der Waals surface area (Å²) in [6, 6.07) is 4.31. The van der Waals surface area contributed by atoms with Crippen molar-refractivity contribution in [3.8, 4) is 0 Å². The van der Waals surface area contributed by atoms with Crippen LogP contribution in [0.2, 0.25) is 0 Å². The van der Waals surface area contributed by atoms with E-state index in [2.05, 4.69) is 10.6 Å². The van der Waals surface area contributed by atoms with Crippen LogP contribution in [-0.4, -0.2) is 26.3 Å². The predicted molar refractivity (Wildman–Crippen MR) is 68.2 cm³/mol. The highest BCUT2D eigenvalue weighted by molar-refractivity contribution is 5.73. The lowest BCUT2D eigenvalue weighted by molar-refractivity contribution is -0.137. The molecule has 112 valence electrons. The maximum atomic E-state index is 12.3. The number of carbonyl (C=O) groups excluding carboxylic acids is 1. The van der Waals surface area contributed by atoms with Crippen molar-refractivity contribution in [1.82, 2.24) is 10.6 Å². The molecule has 0 aromatic heterocycles. The lowest BCUT2D eigenvalue weighted by Crippen LogP contribution is -2.35. The zero-order chi connectivity index (χ0) is 15.0. The zero-order valence-corrected chi connectivity index (χ0v) is 11.1. The average Bonchev–Trinajstić information content (AvgIpc) is 2.41. The summed E-state index contributed by atoms with van der Waals surface area (Å²) in [5.74, 6) is 0. The van der Waals surface area contributed by atoms with Crippen LogP contribution >= 0.6 is 0 Å². The second-order valence-corrected chi connectivity index (χ2v) is 4.15. The molecule has 4 nitrogen and oxygen atoms in total. The van der Waals surface area contributed by atoms with Crippen molar-refractivity contribution in [3.05, 3.63) is 35.4 Å². The lowest BCUT2D eigenvalue weighted by atomic mass is 10.1. The zero-order valence-electron chi connectivity index (χ0n) is 11.1. The van der Waals surface area contributed by atoms with Gasteiger partial charge in [-0.2, -0.15) is 13.2 Å². The van der Waals surface area contributed by atoms with Gasteiger partial charge in [0.2, 0.25) is 0 Å². The van der Waals surface area contributed by atoms with E-state index in [0.29, 0.717) is 25.1 Å². The van der Waals surface area contributed by atoms with Gasteiger partial charge in [-0.15, -0.1) is 0 Å². The maximum absolute atomic E-state index is 12.3. The Kier molecular flexibility index (Phi) is 6.30. The van der Waals surface area contributed by atoms with Crippen LogP contribution in [0.5, 0.6) is 0 Å². The van der Waals surface area contributed by atoms with E-state index in [1.54, 1.807) is 7.11 Å². The van der Waals surface area contributed by atoms with Crippen LogP contribution in [0.4, 0.5) is 18.0 Å². The van der Waals surface area contributed by atoms with E-state index in [1.165, 1.54) is 12.1 Å². The first-order chi connectivity index (χ1) is 9.43. The third-order valence-corrected chi connectivity index (χ3v) is 2.55. The van der Waals surface area contributed by atoms with E-state index >= 15 is 0 Å². The van der Waals surface area contributed by atoms with Crippen LogP contribution in [0, 0.1) is 0 Å². The van der Waals surface area contributed by atoms with Crippen LogP contribution in [0.1, 0.15) is 17.5 Å². The third kappa shape index (κ3) is 5.92. The van der Waals surface area contributed by atoms with Gasteiger partial charge in [0.1, 0.15) is 0 Å². The molecule has 0 fully saturated rings. The number of benzene rings is 1. The van der Waals surface area contributed by atoms with Gasteiger partial charge < -0.3 is 15.4 Å². The first-order valence-electron chi connectivity index (χ1n) is 6.10. The van der Waals surface area contributed by atoms with Gasteiger partial charge in [-0.1, -0.05) is 12.1 Å². The Morgan fingerprint density at radius 1 is 1.20 bits per heavy atom. The van der Waals surface area contributed by atoms with E-state index in [0.717, 1.165) is 12.1 Å². The van der Waals surface area contributed by atoms with E-state index < -0.39 is 11.7 Å². The molecule has 7 heteroatoms. The smallest absolute Gasteiger partial charge is 0.385 e. The molecular formula is C13H17F3N2O2. The molecule has 0 heterocycles. The van der Waals surface area contributed by atoms with Gasteiger partial charge in [-0.05, 0) is 24.1 Å². The summed E-state index contributed by atoms with van der Waals surface area (Å²) in [5, 5.41) is 5.18. The Bertz CT molecular complexity index is 419. The fourth-order valence-electron chi connectivity index (χ4n) is 1.47. The molecule has 2 amide bonds. The van der Waals surface area contributed by atoms with Crippen molar-refractivity contribution >= 4 is 6.03 Å². The van der Waals surface area contributed by atoms with Crippen LogP contribution in [0.3, 0.4) is 0 Å². The summed E-state index contributed by atoms with van der Waals surface area (Å²) in [4.78, 5) is 11.4. The van der Waals surface area contributed by atoms with Crippen LogP contribution in [-0.2, 0) is 17.5 Å². The number of urea groups is 1. The van der Waals surface area contributed by atoms with Crippen molar-refractivity contribution < 1.29 is 22.7 Å². The lowest BCUT2D eigenvalue weighted by Gasteiger charge is -2.09. The van der Waals surface area contributed by atoms with E-state index in [4.69, 9.17) is 4.74 Å². The highest BCUT2D eigenvalue weighted by Gasteiger charge is 2.29. The molecule has 0 saturated heterocycles. The summed E-state index contributed by atoms with van der Waals surface area (Å²) in [7, 11) is 1.57. The second-order valence-electron chi connectivity index (χ2n) is 4.15. The van der Waals surface area contributed by atoms with E-state index in [9.17, 15) is 18.0 Å². The van der Waals surface area contributed by atoms with Gasteiger partial charge >= 0.3 is 12.2 Å². The fraction of sp³-hybridized carbons (Fsp3) is 0.462. The average molecular weight is 290 g/mol. The van der Waals surface area contributed by atoms with Gasteiger partial charge in [0.15, 0.2) is 0 Å². The molecule has 0 aliphatic heterocycles. The molecule has 0 saturated carbocycles. The SMILES string of the molecule is COCCCNC(=O)NCc1ccc(C(F)(F)F)cc1. The Labute approximate surface area is 115 Å². The molecule has 0 radical (unpaired) electrons. The van der Waals surface area contributed by atoms with Crippen LogP contribution in [0.25, 0.3) is 0 Å². The third-order valence-electron chi connectivity index (χ3n) is 2.55. The standard InChI is InChI=1S/C13H17F3N2O2/c1-20-8-2-7-17-12(19)18-9-10-3-5-11(6-4-10)13(14,15)16/h3-6H,2,7-9H2,1H3,(H2,17,18,19). The number of halogens is 3. The summed E-state index contributed by atoms with van der Waals surface area (Å²) in [5.41, 5.74) is -0.102. The first kappa shape index (κ1) is 16.3. The highest BCUT2D eigenvalue weighted by Crippen LogP contribution is 2.28. The molecule has 1 aromatic rings. The Hall–Kier alpha value is -1.76. The minimum Gasteiger partial charge on any atom is -0.385 e. The number of carbonyl (C=O) groups is 1. The minimum atomic E-state index is -4.34. The molecule has 2 N–H and O–H groups in total. The number of ether oxygens (including phenoxy) is 1. The van der Waals surface area contributed by atoms with Crippen molar-refractivity contribution in [2.75, 3.05) is 20.3 Å². The van der Waals surface area contributed by atoms with Gasteiger partial charge in [-0.25, -0.2) is 4.79 Å². The van der Waals surface area contributed by atoms with Crippen molar-refractivity contribution in [1.29, 1.82) is 0 Å². The first-order valence-corrected chi connectivity index (χ1v) is 6.10. The number of alkyl halides is 3. The topological polar surface area (TPSA) is 50.4 Å². The van der Waals surface area contributed by atoms with Crippen LogP contribution in [0.15, 0.2) is 24.3 Å². The summed E-state index contributed by atoms with van der Waals surface area (Å²) >= 11 is 0. The second kappa shape index (κ2) is 7.74. The normalized spacial score (nSPS) is 11.2. The Morgan fingerprint density at radius 3 is 2.40 bits per heavy atom. The molecule has 0 aliphatic rings. The highest BCUT2D eigenvalue weighted by atomic mass is 19.4. The quantitative estimate of drug-likeness (QED) is 0.791. The molecule has 0 unspecified atom stereocenters. The summed E-state index contributed by atoms with van der Waals surface area (Å²) < 4.78 is 41.9. The largest absolute Gasteiger partial charge is 0.416 e. The van der Waals surface area contributed by atoms with Gasteiger partial charge in [0.25, 0.3) is 0 Å². The summed E-state index contributed by atoms with van der Waals surface area (Å²) in [6.45, 7) is 1.21. The molecular weight excluding hydrogens is 273 g/mol. The number of nitrogens with one attached hydrogen (secondary N) is 2. The van der Waals surface area contributed by atoms with Crippen molar-refractivity contribution in [2.45, 2.75) is 19.1 Å². The molecule has 1 rings (SSSR count). The number of amides is 2. The van der Waals surface area contributed by atoms with Gasteiger partial charge in [0.05, 0.1) is 5.56 Å². The Morgan fingerprint density at radius 2 is 1.85 bits per heavy atom. The summed E-state index contributed by atoms with van der Waals surface area (Å²) in [6.07, 6.45) is -3.64. The monoisotopic (exact) mass is 290 g/mol. The molecule has 0 aliphatic carbocycles. The molecule has 0 atom stereocenters. The predicted octanol–water partition coefficient (Wildman–Crippen LogP) is 2.54. The minimum absolute atomic E-state index is 0.175. The number of methoxy groups -OCH3 is 1. The molecule has 20 heavy (non-hydrogen) atoms. The molecule has 0 spiro atoms.